The number of hydrogen-bond donors (Lipinski definition) is 0. The lowest BCUT2D eigenvalue weighted by atomic mass is 10.2. The van der Waals surface area contributed by atoms with Crippen LogP contribution in [0.3, 0.4) is 0 Å². The summed E-state index contributed by atoms with van der Waals surface area (Å²) >= 11 is 0. The van der Waals surface area contributed by atoms with E-state index in [0.717, 1.165) is 0 Å². The summed E-state index contributed by atoms with van der Waals surface area (Å²) < 4.78 is 34.1. The van der Waals surface area contributed by atoms with E-state index in [2.05, 4.69) is 196 Å². The number of rotatable bonds is 18. The highest BCUT2D eigenvalue weighted by Gasteiger charge is 2.45. The van der Waals surface area contributed by atoms with E-state index in [4.69, 9.17) is 17.5 Å². The van der Waals surface area contributed by atoms with Gasteiger partial charge in [-0.15, -0.1) is 0 Å². The van der Waals surface area contributed by atoms with Gasteiger partial charge in [-0.1, -0.05) is 162 Å². The van der Waals surface area contributed by atoms with Crippen LogP contribution in [-0.4, -0.2) is 29.8 Å². The molecule has 6 aromatic rings. The first kappa shape index (κ1) is 45.7. The van der Waals surface area contributed by atoms with Crippen molar-refractivity contribution >= 4 is 56.8 Å². The van der Waals surface area contributed by atoms with Crippen molar-refractivity contribution in [2.45, 2.75) is 78.1 Å². The number of unbranched alkanes of at least 4 members (excludes halogenated alkanes) is 8. The van der Waals surface area contributed by atoms with Crippen molar-refractivity contribution in [2.24, 2.45) is 0 Å². The molecular formula is C50H60O4P2S. The summed E-state index contributed by atoms with van der Waals surface area (Å²) in [6.07, 6.45) is 15.8. The Morgan fingerprint density at radius 3 is 0.684 bits per heavy atom. The Balaban J connectivity index is 0.000000226. The molecule has 0 aliphatic heterocycles. The Labute approximate surface area is 345 Å². The quantitative estimate of drug-likeness (QED) is 0.0374. The van der Waals surface area contributed by atoms with Gasteiger partial charge in [0.15, 0.2) is 0 Å². The molecule has 0 N–H and O–H groups in total. The van der Waals surface area contributed by atoms with E-state index in [1.807, 2.05) is 0 Å². The zero-order chi connectivity index (χ0) is 40.7. The van der Waals surface area contributed by atoms with Crippen LogP contribution in [0.5, 0.6) is 0 Å². The van der Waals surface area contributed by atoms with Gasteiger partial charge in [-0.3, -0.25) is 8.42 Å². The molecule has 0 unspecified atom stereocenters. The van der Waals surface area contributed by atoms with Gasteiger partial charge < -0.3 is 9.11 Å². The van der Waals surface area contributed by atoms with Gasteiger partial charge in [0.25, 0.3) is 0 Å². The van der Waals surface area contributed by atoms with Gasteiger partial charge in [-0.2, -0.15) is 0 Å². The van der Waals surface area contributed by atoms with Crippen LogP contribution in [0.2, 0.25) is 0 Å². The van der Waals surface area contributed by atoms with Crippen LogP contribution in [0.15, 0.2) is 182 Å². The Hall–Kier alpha value is -3.95. The van der Waals surface area contributed by atoms with Gasteiger partial charge in [-0.25, -0.2) is 0 Å². The van der Waals surface area contributed by atoms with Crippen molar-refractivity contribution < 1.29 is 17.5 Å². The maximum atomic E-state index is 8.52. The summed E-state index contributed by atoms with van der Waals surface area (Å²) in [6.45, 7) is 4.57. The SMILES string of the molecule is CCCCCCC[P+](c1ccccc1)(c1ccccc1)c1ccccc1.CCCCCCC[P+](c1ccccc1)(c1ccccc1)c1ccccc1.O=S(=O)([O-])[O-]. The van der Waals surface area contributed by atoms with E-state index in [-0.39, 0.29) is 0 Å². The average Bonchev–Trinajstić information content (AvgIpc) is 3.25. The third kappa shape index (κ3) is 14.1. The predicted molar refractivity (Wildman–Crippen MR) is 248 cm³/mol. The predicted octanol–water partition coefficient (Wildman–Crippen LogP) is 10.6. The van der Waals surface area contributed by atoms with Crippen LogP contribution >= 0.6 is 14.5 Å². The highest BCUT2D eigenvalue weighted by atomic mass is 32.3. The first-order valence-electron chi connectivity index (χ1n) is 20.5. The molecule has 300 valence electrons. The zero-order valence-corrected chi connectivity index (χ0v) is 36.3. The minimum Gasteiger partial charge on any atom is -0.759 e. The Morgan fingerprint density at radius 1 is 0.333 bits per heavy atom. The van der Waals surface area contributed by atoms with Crippen molar-refractivity contribution in [1.29, 1.82) is 0 Å². The molecule has 0 bridgehead atoms. The average molecular weight is 819 g/mol. The summed E-state index contributed by atoms with van der Waals surface area (Å²) in [5.74, 6) is 0. The highest BCUT2D eigenvalue weighted by molar-refractivity contribution is 7.96. The maximum absolute atomic E-state index is 8.52. The second-order valence-corrected chi connectivity index (χ2v) is 22.4. The van der Waals surface area contributed by atoms with E-state index in [1.54, 1.807) is 0 Å². The second-order valence-electron chi connectivity index (χ2n) is 14.3. The van der Waals surface area contributed by atoms with E-state index in [0.29, 0.717) is 0 Å². The molecule has 0 aromatic heterocycles. The molecular weight excluding hydrogens is 759 g/mol. The van der Waals surface area contributed by atoms with E-state index in [9.17, 15) is 0 Å². The van der Waals surface area contributed by atoms with Gasteiger partial charge in [0, 0.05) is 10.4 Å². The van der Waals surface area contributed by atoms with Crippen molar-refractivity contribution in [1.82, 2.24) is 0 Å². The third-order valence-electron chi connectivity index (χ3n) is 10.4. The molecule has 0 aliphatic carbocycles. The molecule has 6 rings (SSSR count). The zero-order valence-electron chi connectivity index (χ0n) is 33.7. The molecule has 57 heavy (non-hydrogen) atoms. The van der Waals surface area contributed by atoms with Crippen LogP contribution < -0.4 is 31.8 Å². The van der Waals surface area contributed by atoms with Gasteiger partial charge in [0.1, 0.15) is 46.4 Å². The molecule has 7 heteroatoms. The topological polar surface area (TPSA) is 80.3 Å². The smallest absolute Gasteiger partial charge is 0.112 e. The minimum atomic E-state index is -5.17. The van der Waals surface area contributed by atoms with Crippen molar-refractivity contribution in [2.75, 3.05) is 12.3 Å². The molecule has 0 amide bonds. The van der Waals surface area contributed by atoms with E-state index in [1.165, 1.54) is 108 Å². The van der Waals surface area contributed by atoms with Crippen LogP contribution in [0.25, 0.3) is 0 Å². The van der Waals surface area contributed by atoms with Crippen LogP contribution in [0.4, 0.5) is 0 Å². The molecule has 0 saturated carbocycles. The normalized spacial score (nSPS) is 11.4. The Morgan fingerprint density at radius 2 is 0.509 bits per heavy atom. The fourth-order valence-corrected chi connectivity index (χ4v) is 16.5. The van der Waals surface area contributed by atoms with Gasteiger partial charge in [0.2, 0.25) is 0 Å². The summed E-state index contributed by atoms with van der Waals surface area (Å²) in [4.78, 5) is 0. The first-order chi connectivity index (χ1) is 27.8. The summed E-state index contributed by atoms with van der Waals surface area (Å²) in [7, 11) is -8.37. The summed E-state index contributed by atoms with van der Waals surface area (Å²) in [5.41, 5.74) is 0. The molecule has 0 saturated heterocycles. The monoisotopic (exact) mass is 818 g/mol. The van der Waals surface area contributed by atoms with E-state index < -0.39 is 24.9 Å². The molecule has 0 heterocycles. The molecule has 6 aromatic carbocycles. The van der Waals surface area contributed by atoms with Gasteiger partial charge in [0.05, 0.1) is 12.3 Å². The fourth-order valence-electron chi connectivity index (χ4n) is 7.67. The summed E-state index contributed by atoms with van der Waals surface area (Å²) in [5, 5.41) is 9.04. The minimum absolute atomic E-state index is 1.26. The molecule has 0 aliphatic rings. The largest absolute Gasteiger partial charge is 0.759 e. The Kier molecular flexibility index (Phi) is 19.9. The van der Waals surface area contributed by atoms with Gasteiger partial charge >= 0.3 is 0 Å². The standard InChI is InChI=1S/2C25H30P.H2O4S/c2*1-2-3-4-5-15-22-26(23-16-9-6-10-17-23,24-18-11-7-12-19-24)25-20-13-8-14-21-25;1-5(2,3)4/h2*6-14,16-21H,2-5,15,22H2,1H3;(H2,1,2,3,4)/q2*+1;/p-2. The van der Waals surface area contributed by atoms with Crippen LogP contribution in [0, 0.1) is 0 Å². The highest BCUT2D eigenvalue weighted by Crippen LogP contribution is 2.57. The summed E-state index contributed by atoms with van der Waals surface area (Å²) in [6, 6.07) is 67.4. The lowest BCUT2D eigenvalue weighted by Gasteiger charge is -2.27. The number of hydrogen-bond acceptors (Lipinski definition) is 4. The molecule has 4 nitrogen and oxygen atoms in total. The fraction of sp³-hybridized carbons (Fsp3) is 0.280. The number of benzene rings is 6. The van der Waals surface area contributed by atoms with Crippen LogP contribution in [0.1, 0.15) is 78.1 Å². The molecule has 0 atom stereocenters. The third-order valence-corrected chi connectivity index (χ3v) is 19.4. The van der Waals surface area contributed by atoms with Crippen molar-refractivity contribution in [3.05, 3.63) is 182 Å². The first-order valence-corrected chi connectivity index (χ1v) is 25.8. The Bertz CT molecular complexity index is 1700. The van der Waals surface area contributed by atoms with E-state index >= 15 is 0 Å². The lowest BCUT2D eigenvalue weighted by molar-refractivity contribution is 0.352. The lowest BCUT2D eigenvalue weighted by Crippen LogP contribution is -2.33. The maximum Gasteiger partial charge on any atom is 0.112 e. The molecule has 0 fully saturated rings. The van der Waals surface area contributed by atoms with Gasteiger partial charge in [-0.05, 0) is 98.5 Å². The van der Waals surface area contributed by atoms with Crippen molar-refractivity contribution in [3.63, 3.8) is 0 Å². The van der Waals surface area contributed by atoms with Crippen LogP contribution in [-0.2, 0) is 10.4 Å². The molecule has 0 spiro atoms. The van der Waals surface area contributed by atoms with Crippen molar-refractivity contribution in [3.8, 4) is 0 Å². The molecule has 0 radical (unpaired) electrons. The second kappa shape index (κ2) is 24.7.